The van der Waals surface area contributed by atoms with Crippen LogP contribution in [0.15, 0.2) is 91.8 Å². The summed E-state index contributed by atoms with van der Waals surface area (Å²) >= 11 is 1.67. The van der Waals surface area contributed by atoms with Gasteiger partial charge in [-0.1, -0.05) is 46.2 Å². The van der Waals surface area contributed by atoms with Gasteiger partial charge in [-0.25, -0.2) is 52.6 Å². The van der Waals surface area contributed by atoms with Crippen LogP contribution in [0.2, 0.25) is 0 Å². The molecule has 2 unspecified atom stereocenters. The molecule has 0 saturated carbocycles. The van der Waals surface area contributed by atoms with Gasteiger partial charge in [0.1, 0.15) is 39.4 Å². The molecule has 2 aromatic heterocycles. The van der Waals surface area contributed by atoms with Gasteiger partial charge in [-0.05, 0) is 94.1 Å². The number of ether oxygens (including phenoxy) is 6. The van der Waals surface area contributed by atoms with Crippen molar-refractivity contribution in [2.75, 3.05) is 119 Å². The van der Waals surface area contributed by atoms with Gasteiger partial charge in [0.05, 0.1) is 132 Å². The first-order chi connectivity index (χ1) is 46.0. The summed E-state index contributed by atoms with van der Waals surface area (Å²) in [6, 6.07) is 11.4. The van der Waals surface area contributed by atoms with Gasteiger partial charge in [0.25, 0.3) is 0 Å². The molecule has 0 bridgehead atoms. The summed E-state index contributed by atoms with van der Waals surface area (Å²) in [7, 11) is -3.79. The van der Waals surface area contributed by atoms with Crippen molar-refractivity contribution in [1.82, 2.24) is 0 Å². The van der Waals surface area contributed by atoms with Crippen LogP contribution in [0.25, 0.3) is 6.08 Å². The van der Waals surface area contributed by atoms with Crippen LogP contribution < -0.4 is 9.13 Å². The van der Waals surface area contributed by atoms with E-state index in [4.69, 9.17) is 23.3 Å². The first-order valence-corrected chi connectivity index (χ1v) is 38.8. The fourth-order valence-corrected chi connectivity index (χ4v) is 11.2. The number of nitrogens with one attached hydrogen (secondary N) is 1. The summed E-state index contributed by atoms with van der Waals surface area (Å²) in [6.07, 6.45) is 8.75. The number of esters is 6. The van der Waals surface area contributed by atoms with E-state index in [1.165, 1.54) is 28.4 Å². The normalized spacial score (nSPS) is 12.5. The number of likely N-dealkylation sites (N-methyl/N-ethyl adjacent to an activating group) is 2. The minimum atomic E-state index is -4.22. The molecule has 582 valence electrons. The number of carbonyl (C=O) groups is 6. The molecule has 0 aliphatic rings. The predicted octanol–water partition coefficient (Wildman–Crippen LogP) is 5.39. The number of quaternary nitrogens is 2. The summed E-state index contributed by atoms with van der Waals surface area (Å²) in [5.41, 5.74) is 0.561. The van der Waals surface area contributed by atoms with E-state index in [1.807, 2.05) is 107 Å². The monoisotopic (exact) mass is 1540 g/mol. The van der Waals surface area contributed by atoms with Crippen LogP contribution in [0.1, 0.15) is 139 Å². The van der Waals surface area contributed by atoms with Crippen molar-refractivity contribution in [2.45, 2.75) is 146 Å². The average Bonchev–Trinajstić information content (AvgIpc) is 0.798. The third-order valence-corrected chi connectivity index (χ3v) is 18.3. The molecule has 29 nitrogen and oxygen atoms in total. The Morgan fingerprint density at radius 1 is 0.510 bits per heavy atom. The number of hydrogen-bond acceptors (Lipinski definition) is 25. The molecule has 0 saturated heterocycles. The Hall–Kier alpha value is -5.96. The number of pyridine rings is 2. The van der Waals surface area contributed by atoms with Crippen molar-refractivity contribution < 1.29 is 127 Å². The van der Waals surface area contributed by atoms with E-state index in [9.17, 15) is 80.6 Å². The summed E-state index contributed by atoms with van der Waals surface area (Å²) in [4.78, 5) is 68.1. The van der Waals surface area contributed by atoms with Crippen molar-refractivity contribution in [2.24, 2.45) is 16.2 Å². The molecular weight excluding hydrogens is 1420 g/mol. The van der Waals surface area contributed by atoms with Crippen molar-refractivity contribution in [1.29, 1.82) is 4.35 Å². The van der Waals surface area contributed by atoms with Gasteiger partial charge in [0, 0.05) is 104 Å². The molecule has 1 N–H and O–H groups in total. The quantitative estimate of drug-likeness (QED) is 0.0170. The number of nitrogens with zero attached hydrogens (tertiary/aromatic N) is 4. The Morgan fingerprint density at radius 2 is 0.853 bits per heavy atom. The second kappa shape index (κ2) is 51.3. The maximum absolute atomic E-state index is 12.6. The third-order valence-electron chi connectivity index (χ3n) is 15.1. The van der Waals surface area contributed by atoms with Crippen LogP contribution in [0.4, 0.5) is 0 Å². The first-order valence-electron chi connectivity index (χ1n) is 31.9. The molecule has 0 spiro atoms. The van der Waals surface area contributed by atoms with E-state index < -0.39 is 68.4 Å². The van der Waals surface area contributed by atoms with E-state index in [2.05, 4.69) is 49.6 Å². The van der Waals surface area contributed by atoms with Crippen molar-refractivity contribution >= 4 is 107 Å². The summed E-state index contributed by atoms with van der Waals surface area (Å²) in [5, 5.41) is 0. The van der Waals surface area contributed by atoms with Crippen LogP contribution in [0, 0.1) is 20.6 Å². The van der Waals surface area contributed by atoms with Crippen molar-refractivity contribution in [3.05, 3.63) is 103 Å². The third kappa shape index (κ3) is 52.9. The molecule has 35 heteroatoms. The number of aromatic nitrogens is 2. The zero-order valence-corrected chi connectivity index (χ0v) is 68.0. The average molecular weight is 1540 g/mol. The second-order valence-electron chi connectivity index (χ2n) is 26.6. The molecule has 0 aromatic carbocycles. The fraction of sp³-hybridized carbons (Fsp3) is 0.642. The van der Waals surface area contributed by atoms with Gasteiger partial charge < -0.3 is 55.6 Å². The van der Waals surface area contributed by atoms with E-state index in [0.29, 0.717) is 97.1 Å². The van der Waals surface area contributed by atoms with Gasteiger partial charge >= 0.3 is 56.3 Å². The fourth-order valence-electron chi connectivity index (χ4n) is 9.29. The zero-order valence-electron chi connectivity index (χ0n) is 63.5. The van der Waals surface area contributed by atoms with E-state index in [1.54, 1.807) is 63.7 Å². The van der Waals surface area contributed by atoms with Gasteiger partial charge in [0.15, 0.2) is 18.1 Å². The molecule has 0 fully saturated rings. The Bertz CT molecular complexity index is 3420. The van der Waals surface area contributed by atoms with E-state index in [0.717, 1.165) is 17.8 Å². The SMILES string of the molecule is C=C(C)C(=O)OC.C=C(C)C(=O)OC.C=C(C)C(=O)OCC[N+](C)(C)CCCS(=O)(=O)[O-].C=Cc1cccc[n+]1CCCS(=O)(=O)[O-].CCC(C)(CC(C)(C)C(=O)OC)C(=O)OCC[N+](C)(C)CCCS(=O)(=O)[O-].CCC(C)(CC(C)(C)C(=O)OC)c1cccc[n+]1CCCS(=O)(=O)[O-].[B].[NH]=[Al]. The number of rotatable bonds is 36. The Morgan fingerprint density at radius 3 is 1.18 bits per heavy atom. The van der Waals surface area contributed by atoms with Crippen LogP contribution in [-0.2, 0) is 116 Å². The number of aryl methyl sites for hydroxylation is 2. The predicted molar refractivity (Wildman–Crippen MR) is 385 cm³/mol. The van der Waals surface area contributed by atoms with Crippen LogP contribution in [-0.4, -0.2) is 240 Å². The summed E-state index contributed by atoms with van der Waals surface area (Å²) < 4.78 is 166. The standard InChI is InChI=1S/C18H35NO7S.C18H29NO5S.C11H21NO5S.C10H13NO3S.2C5H8O2.Al.B.HN/c1-8-18(4,14-17(2,3)15(20)25-7)16(21)26-12-11-19(5,6)10-9-13-27(22,23)24;1-6-18(4,14-17(2,3)16(20)24-5)15-10-7-8-11-19(15)12-9-13-25(21,22)23;1-10(2)11(13)17-8-7-12(3,4)6-5-9-18(14,15)16;1-2-10-6-3-4-7-11(10)8-5-9-15(12,13)14;2*1-4(2)5(6)7-3;;;/h8-14H2,1-7H3;7-8,10-11H,6,9,12-14H2,1-5H3;1,5-9H2,2-4H3;2-4,6-7H,1,5,8-9H2;2*1H2,2-3H3;;;1H. The van der Waals surface area contributed by atoms with E-state index in [-0.39, 0.29) is 87.0 Å². The number of carbonyl (C=O) groups excluding carboxylic acids is 6. The molecular formula is C67H115AlBN5O24S4. The van der Waals surface area contributed by atoms with Gasteiger partial charge in [-0.2, -0.15) is 4.57 Å². The molecule has 2 atom stereocenters. The molecule has 2 rings (SSSR count). The van der Waals surface area contributed by atoms with Crippen molar-refractivity contribution in [3.63, 3.8) is 0 Å². The van der Waals surface area contributed by atoms with Gasteiger partial charge in [-0.3, -0.25) is 14.4 Å². The molecule has 0 aliphatic heterocycles. The second-order valence-corrected chi connectivity index (χ2v) is 32.7. The Labute approximate surface area is 619 Å². The molecule has 0 aliphatic carbocycles. The summed E-state index contributed by atoms with van der Waals surface area (Å²) in [5.74, 6) is -3.60. The maximum atomic E-state index is 12.6. The van der Waals surface area contributed by atoms with Gasteiger partial charge in [-0.15, -0.1) is 0 Å². The molecule has 2 aromatic rings. The number of hydrogen-bond donors (Lipinski definition) is 1. The molecule has 0 amide bonds. The molecule has 4 radical (unpaired) electrons. The summed E-state index contributed by atoms with van der Waals surface area (Å²) in [6.45, 7) is 37.0. The zero-order chi connectivity index (χ0) is 80.3. The minimum absolute atomic E-state index is 0. The van der Waals surface area contributed by atoms with Crippen molar-refractivity contribution in [3.8, 4) is 0 Å². The number of methoxy groups -OCH3 is 4. The topological polar surface area (TPSA) is 418 Å². The first kappa shape index (κ1) is 107. The Balaban J connectivity index is -0.000000284. The van der Waals surface area contributed by atoms with E-state index >= 15 is 0 Å². The van der Waals surface area contributed by atoms with Crippen LogP contribution >= 0.6 is 0 Å². The molecule has 102 heavy (non-hydrogen) atoms. The Kier molecular flexibility index (Phi) is 53.8. The van der Waals surface area contributed by atoms with Gasteiger partial charge in [0.2, 0.25) is 5.69 Å². The van der Waals surface area contributed by atoms with Crippen LogP contribution in [0.3, 0.4) is 0 Å². The van der Waals surface area contributed by atoms with Crippen LogP contribution in [0.5, 0.6) is 0 Å². The molecule has 2 heterocycles.